The smallest absolute Gasteiger partial charge is 0.180 e. The van der Waals surface area contributed by atoms with E-state index in [2.05, 4.69) is 53.5 Å². The third kappa shape index (κ3) is 6.67. The molecule has 0 aliphatic carbocycles. The Hall–Kier alpha value is -3.25. The van der Waals surface area contributed by atoms with Crippen LogP contribution in [0.25, 0.3) is 0 Å². The van der Waals surface area contributed by atoms with Crippen LogP contribution in [0.15, 0.2) is 83.0 Å². The monoisotopic (exact) mass is 419 g/mol. The molecule has 0 aliphatic heterocycles. The van der Waals surface area contributed by atoms with Gasteiger partial charge < -0.3 is 15.2 Å². The summed E-state index contributed by atoms with van der Waals surface area (Å²) in [5.74, 6) is 2.07. The fraction of sp³-hybridized carbons (Fsp3) is 0.167. The summed E-state index contributed by atoms with van der Waals surface area (Å²) in [4.78, 5) is 0. The number of hydrogen-bond donors (Lipinski definition) is 1. The minimum atomic E-state index is 0.416. The molecule has 3 rings (SSSR count). The van der Waals surface area contributed by atoms with Crippen LogP contribution in [-0.2, 0) is 12.4 Å². The number of nitrogens with zero attached hydrogens (tertiary/aromatic N) is 2. The van der Waals surface area contributed by atoms with E-state index in [1.54, 1.807) is 13.3 Å². The molecule has 0 amide bonds. The zero-order valence-corrected chi connectivity index (χ0v) is 17.9. The molecule has 30 heavy (non-hydrogen) atoms. The summed E-state index contributed by atoms with van der Waals surface area (Å²) in [5.41, 5.74) is 10.3. The van der Waals surface area contributed by atoms with Crippen LogP contribution in [0.4, 0.5) is 0 Å². The summed E-state index contributed by atoms with van der Waals surface area (Å²) in [7, 11) is 1.62. The minimum Gasteiger partial charge on any atom is -0.493 e. The molecule has 0 aliphatic rings. The first kappa shape index (κ1) is 21.5. The number of methoxy groups -OCH3 is 1. The van der Waals surface area contributed by atoms with Gasteiger partial charge in [0.15, 0.2) is 16.7 Å². The van der Waals surface area contributed by atoms with E-state index >= 15 is 0 Å². The molecule has 0 saturated carbocycles. The van der Waals surface area contributed by atoms with Crippen LogP contribution < -0.4 is 15.2 Å². The lowest BCUT2D eigenvalue weighted by atomic mass is 10.1. The van der Waals surface area contributed by atoms with Gasteiger partial charge in [-0.2, -0.15) is 5.10 Å². The number of amidine groups is 1. The Morgan fingerprint density at radius 2 is 1.73 bits per heavy atom. The standard InChI is InChI=1S/C24H25N3O2S/c1-18-8-10-19(11-9-18)16-29-23-14-21(12-13-22(23)28-2)15-26-27-24(25)30-17-20-6-4-3-5-7-20/h3-15H,16-17H2,1-2H3,(H2,25,27). The zero-order valence-electron chi connectivity index (χ0n) is 17.1. The van der Waals surface area contributed by atoms with Gasteiger partial charge in [0.1, 0.15) is 6.61 Å². The molecular formula is C24H25N3O2S. The summed E-state index contributed by atoms with van der Waals surface area (Å²) >= 11 is 1.45. The Balaban J connectivity index is 1.61. The van der Waals surface area contributed by atoms with Gasteiger partial charge in [-0.25, -0.2) is 0 Å². The average molecular weight is 420 g/mol. The highest BCUT2D eigenvalue weighted by Crippen LogP contribution is 2.28. The number of rotatable bonds is 8. The van der Waals surface area contributed by atoms with E-state index in [-0.39, 0.29) is 0 Å². The molecule has 0 unspecified atom stereocenters. The maximum absolute atomic E-state index is 5.96. The average Bonchev–Trinajstić information content (AvgIpc) is 2.78. The van der Waals surface area contributed by atoms with Crippen LogP contribution in [-0.4, -0.2) is 18.5 Å². The normalized spacial score (nSPS) is 11.6. The third-order valence-electron chi connectivity index (χ3n) is 4.30. The fourth-order valence-electron chi connectivity index (χ4n) is 2.64. The Kier molecular flexibility index (Phi) is 7.92. The molecule has 0 atom stereocenters. The van der Waals surface area contributed by atoms with Gasteiger partial charge >= 0.3 is 0 Å². The van der Waals surface area contributed by atoms with Gasteiger partial charge in [-0.15, -0.1) is 5.10 Å². The first-order chi connectivity index (χ1) is 14.6. The minimum absolute atomic E-state index is 0.416. The van der Waals surface area contributed by atoms with Crippen LogP contribution in [0.3, 0.4) is 0 Å². The van der Waals surface area contributed by atoms with Gasteiger partial charge in [-0.1, -0.05) is 71.9 Å². The topological polar surface area (TPSA) is 69.2 Å². The highest BCUT2D eigenvalue weighted by molar-refractivity contribution is 8.13. The number of benzene rings is 3. The molecular weight excluding hydrogens is 394 g/mol. The van der Waals surface area contributed by atoms with Crippen LogP contribution in [0, 0.1) is 6.92 Å². The van der Waals surface area contributed by atoms with Crippen LogP contribution in [0.5, 0.6) is 11.5 Å². The molecule has 0 radical (unpaired) electrons. The van der Waals surface area contributed by atoms with Gasteiger partial charge in [0.25, 0.3) is 0 Å². The number of ether oxygens (including phenoxy) is 2. The van der Waals surface area contributed by atoms with Crippen molar-refractivity contribution in [2.24, 2.45) is 15.9 Å². The molecule has 3 aromatic carbocycles. The van der Waals surface area contributed by atoms with Gasteiger partial charge in [-0.3, -0.25) is 0 Å². The van der Waals surface area contributed by atoms with Crippen LogP contribution >= 0.6 is 11.8 Å². The largest absolute Gasteiger partial charge is 0.493 e. The van der Waals surface area contributed by atoms with Crippen molar-refractivity contribution in [3.05, 3.63) is 95.1 Å². The lowest BCUT2D eigenvalue weighted by molar-refractivity contribution is 0.284. The second-order valence-electron chi connectivity index (χ2n) is 6.64. The summed E-state index contributed by atoms with van der Waals surface area (Å²) in [5, 5.41) is 8.58. The molecule has 0 heterocycles. The molecule has 6 heteroatoms. The molecule has 0 fully saturated rings. The lowest BCUT2D eigenvalue weighted by Crippen LogP contribution is -2.06. The first-order valence-electron chi connectivity index (χ1n) is 9.53. The third-order valence-corrected chi connectivity index (χ3v) is 5.15. The quantitative estimate of drug-likeness (QED) is 0.311. The van der Waals surface area contributed by atoms with E-state index in [1.807, 2.05) is 36.4 Å². The molecule has 2 N–H and O–H groups in total. The maximum atomic E-state index is 5.96. The predicted octanol–water partition coefficient (Wildman–Crippen LogP) is 5.16. The summed E-state index contributed by atoms with van der Waals surface area (Å²) in [6.07, 6.45) is 1.65. The van der Waals surface area contributed by atoms with Gasteiger partial charge in [0.05, 0.1) is 13.3 Å². The molecule has 3 aromatic rings. The summed E-state index contributed by atoms with van der Waals surface area (Å²) in [6.45, 7) is 2.52. The molecule has 0 spiro atoms. The van der Waals surface area contributed by atoms with E-state index in [9.17, 15) is 0 Å². The Bertz CT molecular complexity index is 1000. The molecule has 0 bridgehead atoms. The number of hydrogen-bond acceptors (Lipinski definition) is 5. The maximum Gasteiger partial charge on any atom is 0.180 e. The second-order valence-corrected chi connectivity index (χ2v) is 7.64. The van der Waals surface area contributed by atoms with Gasteiger partial charge in [0, 0.05) is 5.75 Å². The van der Waals surface area contributed by atoms with Crippen molar-refractivity contribution >= 4 is 23.1 Å². The van der Waals surface area contributed by atoms with Crippen molar-refractivity contribution in [1.29, 1.82) is 0 Å². The van der Waals surface area contributed by atoms with Crippen molar-refractivity contribution < 1.29 is 9.47 Å². The number of thioether (sulfide) groups is 1. The van der Waals surface area contributed by atoms with E-state index in [0.29, 0.717) is 23.3 Å². The Morgan fingerprint density at radius 1 is 0.967 bits per heavy atom. The van der Waals surface area contributed by atoms with Crippen molar-refractivity contribution in [2.45, 2.75) is 19.3 Å². The van der Waals surface area contributed by atoms with Crippen molar-refractivity contribution in [3.8, 4) is 11.5 Å². The molecule has 0 saturated heterocycles. The summed E-state index contributed by atoms with van der Waals surface area (Å²) in [6, 6.07) is 24.0. The fourth-order valence-corrected chi connectivity index (χ4v) is 3.26. The van der Waals surface area contributed by atoms with Crippen LogP contribution in [0.2, 0.25) is 0 Å². The van der Waals surface area contributed by atoms with E-state index in [0.717, 1.165) is 16.9 Å². The van der Waals surface area contributed by atoms with Gasteiger partial charge in [-0.05, 0) is 41.8 Å². The summed E-state index contributed by atoms with van der Waals surface area (Å²) < 4.78 is 11.4. The number of nitrogens with two attached hydrogens (primary N) is 1. The number of aryl methyl sites for hydroxylation is 1. The molecule has 5 nitrogen and oxygen atoms in total. The predicted molar refractivity (Wildman–Crippen MR) is 125 cm³/mol. The Labute approximate surface area is 181 Å². The van der Waals surface area contributed by atoms with E-state index < -0.39 is 0 Å². The van der Waals surface area contributed by atoms with Crippen molar-refractivity contribution in [1.82, 2.24) is 0 Å². The highest BCUT2D eigenvalue weighted by atomic mass is 32.2. The second kappa shape index (κ2) is 11.1. The molecule has 154 valence electrons. The Morgan fingerprint density at radius 3 is 2.47 bits per heavy atom. The SMILES string of the molecule is COc1ccc(C=NN=C(N)SCc2ccccc2)cc1OCc1ccc(C)cc1. The first-order valence-corrected chi connectivity index (χ1v) is 10.5. The van der Waals surface area contributed by atoms with E-state index in [4.69, 9.17) is 15.2 Å². The van der Waals surface area contributed by atoms with E-state index in [1.165, 1.54) is 22.9 Å². The van der Waals surface area contributed by atoms with Gasteiger partial charge in [0.2, 0.25) is 0 Å². The highest BCUT2D eigenvalue weighted by Gasteiger charge is 2.06. The zero-order chi connectivity index (χ0) is 21.2. The van der Waals surface area contributed by atoms with Crippen LogP contribution in [0.1, 0.15) is 22.3 Å². The molecule has 0 aromatic heterocycles. The van der Waals surface area contributed by atoms with Crippen molar-refractivity contribution in [2.75, 3.05) is 7.11 Å². The lowest BCUT2D eigenvalue weighted by Gasteiger charge is -2.11. The van der Waals surface area contributed by atoms with Crippen molar-refractivity contribution in [3.63, 3.8) is 0 Å².